The predicted molar refractivity (Wildman–Crippen MR) is 115 cm³/mol. The zero-order valence-corrected chi connectivity index (χ0v) is 18.2. The van der Waals surface area contributed by atoms with E-state index in [1.807, 2.05) is 52.2 Å². The highest BCUT2D eigenvalue weighted by Crippen LogP contribution is 2.43. The van der Waals surface area contributed by atoms with Crippen molar-refractivity contribution in [3.8, 4) is 11.5 Å². The smallest absolute Gasteiger partial charge is 0.295 e. The second-order valence-electron chi connectivity index (χ2n) is 8.38. The number of ether oxygens (including phenoxy) is 2. The fourth-order valence-electron chi connectivity index (χ4n) is 4.02. The van der Waals surface area contributed by atoms with E-state index in [0.717, 1.165) is 16.0 Å². The average molecular weight is 423 g/mol. The number of fused-ring (bicyclic) bond motifs is 1. The van der Waals surface area contributed by atoms with Crippen LogP contribution in [0.15, 0.2) is 42.0 Å². The zero-order chi connectivity index (χ0) is 22.3. The van der Waals surface area contributed by atoms with Gasteiger partial charge in [0.05, 0.1) is 38.8 Å². The summed E-state index contributed by atoms with van der Waals surface area (Å²) in [6.45, 7) is 4.97. The molecule has 0 unspecified atom stereocenters. The first-order valence-electron chi connectivity index (χ1n) is 10.3. The molecule has 2 aliphatic rings. The quantitative estimate of drug-likeness (QED) is 0.434. The minimum Gasteiger partial charge on any atom is -0.507 e. The minimum atomic E-state index is -0.700. The number of quaternary nitrogens is 1. The second-order valence-corrected chi connectivity index (χ2v) is 8.38. The van der Waals surface area contributed by atoms with Crippen LogP contribution in [0.25, 0.3) is 5.76 Å². The number of nitrogens with one attached hydrogen (secondary N) is 1. The van der Waals surface area contributed by atoms with Crippen molar-refractivity contribution >= 4 is 17.4 Å². The van der Waals surface area contributed by atoms with E-state index in [1.54, 1.807) is 17.0 Å². The van der Waals surface area contributed by atoms with E-state index in [0.29, 0.717) is 35.7 Å². The van der Waals surface area contributed by atoms with Gasteiger partial charge in [0.1, 0.15) is 5.76 Å². The lowest BCUT2D eigenvalue weighted by atomic mass is 9.93. The molecule has 2 aliphatic heterocycles. The molecule has 1 atom stereocenters. The van der Waals surface area contributed by atoms with Gasteiger partial charge in [-0.3, -0.25) is 9.59 Å². The first-order valence-corrected chi connectivity index (χ1v) is 10.3. The molecule has 2 aromatic carbocycles. The molecular formula is C24H27N2O5+. The number of aryl methyl sites for hydroxylation is 2. The van der Waals surface area contributed by atoms with Gasteiger partial charge in [-0.1, -0.05) is 23.8 Å². The lowest BCUT2D eigenvalue weighted by Crippen LogP contribution is -3.06. The van der Waals surface area contributed by atoms with Gasteiger partial charge in [0.15, 0.2) is 11.5 Å². The summed E-state index contributed by atoms with van der Waals surface area (Å²) < 4.78 is 10.9. The normalized spacial score (nSPS) is 19.5. The van der Waals surface area contributed by atoms with Crippen LogP contribution >= 0.6 is 0 Å². The predicted octanol–water partition coefficient (Wildman–Crippen LogP) is 1.60. The third-order valence-corrected chi connectivity index (χ3v) is 5.75. The Morgan fingerprint density at radius 1 is 1.10 bits per heavy atom. The van der Waals surface area contributed by atoms with E-state index in [4.69, 9.17) is 9.47 Å². The molecule has 162 valence electrons. The fourth-order valence-corrected chi connectivity index (χ4v) is 4.02. The highest BCUT2D eigenvalue weighted by Gasteiger charge is 2.46. The maximum absolute atomic E-state index is 13.1. The van der Waals surface area contributed by atoms with Crippen molar-refractivity contribution in [2.75, 3.05) is 34.0 Å². The van der Waals surface area contributed by atoms with Crippen molar-refractivity contribution in [2.45, 2.75) is 19.9 Å². The molecule has 1 amide bonds. The molecule has 0 aliphatic carbocycles. The molecule has 0 bridgehead atoms. The summed E-state index contributed by atoms with van der Waals surface area (Å²) in [5, 5.41) is 11.3. The van der Waals surface area contributed by atoms with Crippen molar-refractivity contribution in [1.29, 1.82) is 0 Å². The Balaban J connectivity index is 1.88. The van der Waals surface area contributed by atoms with Gasteiger partial charge in [-0.25, -0.2) is 0 Å². The van der Waals surface area contributed by atoms with Gasteiger partial charge < -0.3 is 24.4 Å². The van der Waals surface area contributed by atoms with Crippen molar-refractivity contribution in [3.63, 3.8) is 0 Å². The fraction of sp³-hybridized carbons (Fsp3) is 0.333. The number of carbonyl (C=O) groups excluding carboxylic acids is 2. The summed E-state index contributed by atoms with van der Waals surface area (Å²) >= 11 is 0. The van der Waals surface area contributed by atoms with Crippen molar-refractivity contribution < 1.29 is 29.1 Å². The first kappa shape index (κ1) is 20.9. The van der Waals surface area contributed by atoms with Gasteiger partial charge in [-0.15, -0.1) is 0 Å². The number of Topliss-reactive ketones (excluding diaryl/α,β-unsaturated/α-hetero) is 1. The summed E-state index contributed by atoms with van der Waals surface area (Å²) in [4.78, 5) is 28.8. The van der Waals surface area contributed by atoms with Crippen LogP contribution in [0.5, 0.6) is 11.5 Å². The van der Waals surface area contributed by atoms with Crippen molar-refractivity contribution in [1.82, 2.24) is 4.90 Å². The molecule has 0 spiro atoms. The molecule has 2 heterocycles. The number of hydrogen-bond acceptors (Lipinski definition) is 5. The van der Waals surface area contributed by atoms with Gasteiger partial charge in [0, 0.05) is 5.56 Å². The molecule has 7 heteroatoms. The number of aliphatic hydroxyl groups is 1. The lowest BCUT2D eigenvalue weighted by Gasteiger charge is -2.26. The van der Waals surface area contributed by atoms with Crippen LogP contribution in [-0.2, 0) is 9.59 Å². The molecule has 1 fully saturated rings. The number of carbonyl (C=O) groups is 2. The maximum atomic E-state index is 13.1. The molecule has 31 heavy (non-hydrogen) atoms. The Morgan fingerprint density at radius 2 is 1.84 bits per heavy atom. The van der Waals surface area contributed by atoms with Crippen LogP contribution in [0.2, 0.25) is 0 Å². The van der Waals surface area contributed by atoms with E-state index >= 15 is 0 Å². The summed E-state index contributed by atoms with van der Waals surface area (Å²) in [6.07, 6.45) is 0. The lowest BCUT2D eigenvalue weighted by molar-refractivity contribution is -0.857. The van der Waals surface area contributed by atoms with E-state index < -0.39 is 17.7 Å². The monoisotopic (exact) mass is 423 g/mol. The van der Waals surface area contributed by atoms with E-state index in [2.05, 4.69) is 0 Å². The standard InChI is InChI=1S/C24H26N2O5/c1-14-5-6-15(2)17(11-14)22(27)20-21(16-7-8-18-19(12-16)31-13-30-18)26(10-9-25(3)4)24(29)23(20)28/h5-8,11-12,21,27H,9-10,13H2,1-4H3/p+1/t21-/m0/s1. The molecule has 2 aromatic rings. The van der Waals surface area contributed by atoms with Gasteiger partial charge >= 0.3 is 0 Å². The number of nitrogens with zero attached hydrogens (tertiary/aromatic N) is 1. The molecule has 0 saturated carbocycles. The van der Waals surface area contributed by atoms with E-state index in [1.165, 1.54) is 0 Å². The number of benzene rings is 2. The Hall–Kier alpha value is -3.32. The Bertz CT molecular complexity index is 1090. The molecule has 4 rings (SSSR count). The van der Waals surface area contributed by atoms with Crippen LogP contribution in [-0.4, -0.2) is 55.7 Å². The van der Waals surface area contributed by atoms with E-state index in [-0.39, 0.29) is 18.1 Å². The number of likely N-dealkylation sites (tertiary alicyclic amines) is 1. The second kappa shape index (κ2) is 8.07. The van der Waals surface area contributed by atoms with Crippen LogP contribution in [0.4, 0.5) is 0 Å². The van der Waals surface area contributed by atoms with Gasteiger partial charge in [0.2, 0.25) is 6.79 Å². The Kier molecular flexibility index (Phi) is 5.45. The van der Waals surface area contributed by atoms with E-state index in [9.17, 15) is 14.7 Å². The molecule has 7 nitrogen and oxygen atoms in total. The maximum Gasteiger partial charge on any atom is 0.295 e. The van der Waals surface area contributed by atoms with Crippen LogP contribution in [0.1, 0.15) is 28.3 Å². The molecule has 0 radical (unpaired) electrons. The first-order chi connectivity index (χ1) is 14.8. The topological polar surface area (TPSA) is 80.5 Å². The summed E-state index contributed by atoms with van der Waals surface area (Å²) in [6, 6.07) is 10.3. The molecule has 2 N–H and O–H groups in total. The highest BCUT2D eigenvalue weighted by atomic mass is 16.7. The third-order valence-electron chi connectivity index (χ3n) is 5.75. The SMILES string of the molecule is Cc1ccc(C)c(C(O)=C2C(=O)C(=O)N(CC[NH+](C)C)[C@H]2c2ccc3c(c2)OCO3)c1. The minimum absolute atomic E-state index is 0.103. The number of hydrogen-bond donors (Lipinski definition) is 2. The van der Waals surface area contributed by atoms with Crippen molar-refractivity contribution in [2.24, 2.45) is 0 Å². The number of ketones is 1. The average Bonchev–Trinajstić information content (AvgIpc) is 3.30. The van der Waals surface area contributed by atoms with Crippen molar-refractivity contribution in [3.05, 3.63) is 64.2 Å². The summed E-state index contributed by atoms with van der Waals surface area (Å²) in [5.41, 5.74) is 3.14. The zero-order valence-electron chi connectivity index (χ0n) is 18.2. The van der Waals surface area contributed by atoms with Gasteiger partial charge in [0.25, 0.3) is 11.7 Å². The summed E-state index contributed by atoms with van der Waals surface area (Å²) in [7, 11) is 3.98. The van der Waals surface area contributed by atoms with Crippen LogP contribution in [0.3, 0.4) is 0 Å². The summed E-state index contributed by atoms with van der Waals surface area (Å²) in [5.74, 6) is -0.242. The third kappa shape index (κ3) is 3.77. The van der Waals surface area contributed by atoms with Crippen LogP contribution < -0.4 is 14.4 Å². The number of amides is 1. The molecule has 1 saturated heterocycles. The number of likely N-dealkylation sites (N-methyl/N-ethyl adjacent to an activating group) is 1. The van der Waals surface area contributed by atoms with Gasteiger partial charge in [-0.2, -0.15) is 0 Å². The molecule has 0 aromatic heterocycles. The Labute approximate surface area is 181 Å². The van der Waals surface area contributed by atoms with Gasteiger partial charge in [-0.05, 0) is 43.2 Å². The Morgan fingerprint density at radius 3 is 2.58 bits per heavy atom. The largest absolute Gasteiger partial charge is 0.507 e. The highest BCUT2D eigenvalue weighted by molar-refractivity contribution is 6.46. The van der Waals surface area contributed by atoms with Crippen LogP contribution in [0, 0.1) is 13.8 Å². The number of aliphatic hydroxyl groups excluding tert-OH is 1. The molecular weight excluding hydrogens is 396 g/mol. The number of rotatable bonds is 5.